The molecule has 55 heavy (non-hydrogen) atoms. The van der Waals surface area contributed by atoms with E-state index in [0.29, 0.717) is 11.3 Å². The number of hydrogen-bond acceptors (Lipinski definition) is 8. The molecule has 1 saturated heterocycles. The lowest BCUT2D eigenvalue weighted by Gasteiger charge is -2.32. The van der Waals surface area contributed by atoms with Crippen LogP contribution in [-0.2, 0) is 41.6 Å². The molecule has 6 amide bonds. The van der Waals surface area contributed by atoms with E-state index in [9.17, 15) is 33.9 Å². The number of rotatable bonds is 10. The number of aromatic amines is 1. The Morgan fingerprint density at radius 3 is 2.11 bits per heavy atom. The molecule has 5 atom stereocenters. The number of aliphatic hydroxyl groups excluding tert-OH is 1. The first-order chi connectivity index (χ1) is 26.2. The van der Waals surface area contributed by atoms with Gasteiger partial charge in [0, 0.05) is 48.9 Å². The highest BCUT2D eigenvalue weighted by Gasteiger charge is 2.34. The number of nitrogens with zero attached hydrogens (tertiary/aromatic N) is 1. The minimum atomic E-state index is -1.18. The molecule has 1 aliphatic heterocycles. The first-order valence-electron chi connectivity index (χ1n) is 18.8. The van der Waals surface area contributed by atoms with Crippen molar-refractivity contribution in [2.45, 2.75) is 90.5 Å². The second-order valence-electron chi connectivity index (χ2n) is 14.8. The normalized spacial score (nSPS) is 22.3. The quantitative estimate of drug-likeness (QED) is 0.160. The number of amides is 6. The predicted octanol–water partition coefficient (Wildman–Crippen LogP) is 1.33. The third kappa shape index (κ3) is 12.0. The van der Waals surface area contributed by atoms with E-state index >= 15 is 0 Å². The highest BCUT2D eigenvalue weighted by atomic mass is 16.5. The van der Waals surface area contributed by atoms with E-state index in [2.05, 4.69) is 31.6 Å². The van der Waals surface area contributed by atoms with E-state index in [0.717, 1.165) is 16.5 Å². The topological polar surface area (TPSA) is 211 Å². The predicted molar refractivity (Wildman–Crippen MR) is 207 cm³/mol. The number of para-hydroxylation sites is 1. The first-order valence-corrected chi connectivity index (χ1v) is 18.8. The van der Waals surface area contributed by atoms with Crippen LogP contribution in [0, 0.1) is 11.8 Å². The number of nitrogens with one attached hydrogen (secondary N) is 6. The summed E-state index contributed by atoms with van der Waals surface area (Å²) < 4.78 is 5.27. The highest BCUT2D eigenvalue weighted by Crippen LogP contribution is 2.20. The number of H-pyrrole nitrogens is 1. The molecule has 7 N–H and O–H groups in total. The zero-order valence-electron chi connectivity index (χ0n) is 32.4. The summed E-state index contributed by atoms with van der Waals surface area (Å²) >= 11 is 0. The van der Waals surface area contributed by atoms with Gasteiger partial charge >= 0.3 is 0 Å². The zero-order chi connectivity index (χ0) is 40.2. The van der Waals surface area contributed by atoms with E-state index in [-0.39, 0.29) is 44.1 Å². The van der Waals surface area contributed by atoms with Crippen molar-refractivity contribution in [1.82, 2.24) is 36.5 Å². The van der Waals surface area contributed by atoms with Crippen LogP contribution in [0.4, 0.5) is 0 Å². The molecule has 0 spiro atoms. The highest BCUT2D eigenvalue weighted by molar-refractivity contribution is 5.96. The SMILES string of the molecule is COc1ccc(C[C@@H]2NC(=O)[C@H](CC(C)C)NC(=O)[C@@H](Cc3c[nH]c4ccccc34)NC(=O)CN(C(=O)CCO)C[C@H](C(C)C)NC(=O)[C@@H](C)NC2=O)cc1. The number of hydrogen-bond donors (Lipinski definition) is 7. The lowest BCUT2D eigenvalue weighted by atomic mass is 9.99. The molecule has 0 bridgehead atoms. The molecular weight excluding hydrogens is 706 g/mol. The molecule has 1 fully saturated rings. The van der Waals surface area contributed by atoms with Crippen LogP contribution in [0.15, 0.2) is 54.7 Å². The van der Waals surface area contributed by atoms with Gasteiger partial charge in [-0.25, -0.2) is 0 Å². The van der Waals surface area contributed by atoms with Gasteiger partial charge in [0.05, 0.1) is 20.3 Å². The molecule has 0 unspecified atom stereocenters. The molecule has 0 radical (unpaired) electrons. The Bertz CT molecular complexity index is 1810. The number of carbonyl (C=O) groups excluding carboxylic acids is 6. The van der Waals surface area contributed by atoms with Crippen molar-refractivity contribution in [1.29, 1.82) is 0 Å². The molecule has 298 valence electrons. The van der Waals surface area contributed by atoms with E-state index in [1.165, 1.54) is 18.9 Å². The number of aliphatic hydroxyl groups is 1. The van der Waals surface area contributed by atoms with Gasteiger partial charge in [-0.1, -0.05) is 58.0 Å². The van der Waals surface area contributed by atoms with Crippen molar-refractivity contribution in [3.05, 3.63) is 65.9 Å². The van der Waals surface area contributed by atoms with E-state index in [1.807, 2.05) is 52.0 Å². The summed E-state index contributed by atoms with van der Waals surface area (Å²) in [4.78, 5) is 87.2. The van der Waals surface area contributed by atoms with Crippen LogP contribution in [0.2, 0.25) is 0 Å². The van der Waals surface area contributed by atoms with Crippen molar-refractivity contribution in [2.75, 3.05) is 26.8 Å². The van der Waals surface area contributed by atoms with Gasteiger partial charge < -0.3 is 46.3 Å². The number of fused-ring (bicyclic) bond motifs is 1. The fourth-order valence-corrected chi connectivity index (χ4v) is 6.45. The third-order valence-corrected chi connectivity index (χ3v) is 9.64. The summed E-state index contributed by atoms with van der Waals surface area (Å²) in [5, 5.41) is 24.5. The lowest BCUT2D eigenvalue weighted by Crippen LogP contribution is -2.60. The summed E-state index contributed by atoms with van der Waals surface area (Å²) in [6.45, 7) is 7.96. The van der Waals surface area contributed by atoms with Gasteiger partial charge in [0.1, 0.15) is 29.9 Å². The standard InChI is InChI=1S/C40H55N7O8/c1-23(2)17-31-39(53)45-32(18-26-11-13-28(55-6)14-12-26)38(52)42-25(5)37(51)46-34(24(3)4)21-47(36(50)15-16-48)22-35(49)43-33(40(54)44-31)19-27-20-41-30-10-8-7-9-29(27)30/h7-14,20,23-25,31-34,41,48H,15-19,21-22H2,1-6H3,(H,42,52)(H,43,49)(H,44,54)(H,45,53)(H,46,51)/t25-,31+,32+,33-,34-/m1/s1. The monoisotopic (exact) mass is 761 g/mol. The molecule has 15 heteroatoms. The molecule has 1 aromatic heterocycles. The summed E-state index contributed by atoms with van der Waals surface area (Å²) in [6, 6.07) is 9.38. The lowest BCUT2D eigenvalue weighted by molar-refractivity contribution is -0.139. The van der Waals surface area contributed by atoms with Crippen LogP contribution in [0.25, 0.3) is 10.9 Å². The second-order valence-corrected chi connectivity index (χ2v) is 14.8. The fraction of sp³-hybridized carbons (Fsp3) is 0.500. The van der Waals surface area contributed by atoms with Crippen LogP contribution >= 0.6 is 0 Å². The van der Waals surface area contributed by atoms with Crippen LogP contribution in [0.3, 0.4) is 0 Å². The molecule has 0 aliphatic carbocycles. The molecule has 15 nitrogen and oxygen atoms in total. The van der Waals surface area contributed by atoms with Crippen molar-refractivity contribution in [3.8, 4) is 5.75 Å². The number of ether oxygens (including phenoxy) is 1. The number of benzene rings is 2. The Morgan fingerprint density at radius 1 is 0.818 bits per heavy atom. The van der Waals surface area contributed by atoms with Crippen molar-refractivity contribution >= 4 is 46.3 Å². The molecule has 2 aromatic carbocycles. The Kier molecular flexibility index (Phi) is 15.2. The molecular formula is C40H55N7O8. The smallest absolute Gasteiger partial charge is 0.243 e. The number of carbonyl (C=O) groups is 6. The molecule has 1 aliphatic rings. The second kappa shape index (κ2) is 19.8. The van der Waals surface area contributed by atoms with Crippen molar-refractivity contribution < 1.29 is 38.6 Å². The fourth-order valence-electron chi connectivity index (χ4n) is 6.45. The summed E-state index contributed by atoms with van der Waals surface area (Å²) in [5.74, 6) is -3.25. The average molecular weight is 762 g/mol. The summed E-state index contributed by atoms with van der Waals surface area (Å²) in [5.41, 5.74) is 2.28. The minimum Gasteiger partial charge on any atom is -0.497 e. The molecule has 3 aromatic rings. The van der Waals surface area contributed by atoms with Crippen LogP contribution in [-0.4, -0.2) is 107 Å². The minimum absolute atomic E-state index is 0.0489. The maximum absolute atomic E-state index is 14.2. The van der Waals surface area contributed by atoms with E-state index < -0.39 is 78.8 Å². The largest absolute Gasteiger partial charge is 0.497 e. The number of methoxy groups -OCH3 is 1. The van der Waals surface area contributed by atoms with Gasteiger partial charge in [0.2, 0.25) is 35.4 Å². The van der Waals surface area contributed by atoms with Crippen LogP contribution in [0.1, 0.15) is 58.6 Å². The van der Waals surface area contributed by atoms with Gasteiger partial charge in [-0.15, -0.1) is 0 Å². The van der Waals surface area contributed by atoms with Gasteiger partial charge in [0.15, 0.2) is 0 Å². The average Bonchev–Trinajstić information content (AvgIpc) is 3.55. The zero-order valence-corrected chi connectivity index (χ0v) is 32.4. The van der Waals surface area contributed by atoms with Gasteiger partial charge in [-0.2, -0.15) is 0 Å². The number of aromatic nitrogens is 1. The Balaban J connectivity index is 1.75. The van der Waals surface area contributed by atoms with Crippen molar-refractivity contribution in [3.63, 3.8) is 0 Å². The summed E-state index contributed by atoms with van der Waals surface area (Å²) in [7, 11) is 1.54. The molecule has 2 heterocycles. The van der Waals surface area contributed by atoms with Crippen LogP contribution in [0.5, 0.6) is 5.75 Å². The van der Waals surface area contributed by atoms with E-state index in [4.69, 9.17) is 4.74 Å². The van der Waals surface area contributed by atoms with Gasteiger partial charge in [0.25, 0.3) is 0 Å². The van der Waals surface area contributed by atoms with Crippen molar-refractivity contribution in [2.24, 2.45) is 11.8 Å². The van der Waals surface area contributed by atoms with Gasteiger partial charge in [-0.3, -0.25) is 28.8 Å². The van der Waals surface area contributed by atoms with E-state index in [1.54, 1.807) is 30.5 Å². The Hall–Kier alpha value is -5.44. The first kappa shape index (κ1) is 42.3. The Morgan fingerprint density at radius 2 is 1.45 bits per heavy atom. The van der Waals surface area contributed by atoms with Crippen LogP contribution < -0.4 is 31.3 Å². The Labute approximate surface area is 321 Å². The summed E-state index contributed by atoms with van der Waals surface area (Å²) in [6.07, 6.45) is 1.81. The maximum Gasteiger partial charge on any atom is 0.243 e. The molecule has 0 saturated carbocycles. The van der Waals surface area contributed by atoms with Gasteiger partial charge in [-0.05, 0) is 54.5 Å². The molecule has 4 rings (SSSR count). The maximum atomic E-state index is 14.2. The third-order valence-electron chi connectivity index (χ3n) is 9.64.